The number of imidazole rings is 1. The minimum Gasteiger partial charge on any atom is -0.360 e. The highest BCUT2D eigenvalue weighted by Gasteiger charge is 2.47. The van der Waals surface area contributed by atoms with Gasteiger partial charge in [0, 0.05) is 37.3 Å². The molecule has 196 valence electrons. The van der Waals surface area contributed by atoms with Crippen LogP contribution >= 0.6 is 12.2 Å². The van der Waals surface area contributed by atoms with E-state index in [9.17, 15) is 0 Å². The largest absolute Gasteiger partial charge is 0.360 e. The van der Waals surface area contributed by atoms with Gasteiger partial charge in [-0.25, -0.2) is 4.98 Å². The topological polar surface area (TPSA) is 36.3 Å². The Labute approximate surface area is 227 Å². The summed E-state index contributed by atoms with van der Waals surface area (Å²) >= 11 is 5.71. The summed E-state index contributed by atoms with van der Waals surface area (Å²) in [6.07, 6.45) is 7.44. The van der Waals surface area contributed by atoms with Gasteiger partial charge in [0.2, 0.25) is 0 Å². The van der Waals surface area contributed by atoms with Crippen molar-refractivity contribution < 1.29 is 0 Å². The van der Waals surface area contributed by atoms with Gasteiger partial charge in [-0.2, -0.15) is 0 Å². The molecule has 2 bridgehead atoms. The quantitative estimate of drug-likeness (QED) is 0.418. The molecule has 3 saturated heterocycles. The minimum absolute atomic E-state index is 0.242. The molecule has 1 aliphatic carbocycles. The van der Waals surface area contributed by atoms with Crippen LogP contribution in [0.1, 0.15) is 69.8 Å². The third-order valence-corrected chi connectivity index (χ3v) is 9.74. The van der Waals surface area contributed by atoms with Crippen LogP contribution in [0.3, 0.4) is 0 Å². The lowest BCUT2D eigenvalue weighted by atomic mass is 9.69. The molecule has 2 atom stereocenters. The van der Waals surface area contributed by atoms with Crippen LogP contribution < -0.4 is 5.32 Å². The summed E-state index contributed by atoms with van der Waals surface area (Å²) in [7, 11) is 0. The van der Waals surface area contributed by atoms with Crippen molar-refractivity contribution in [2.75, 3.05) is 19.6 Å². The number of fused-ring (bicyclic) bond motifs is 3. The number of aryl methyl sites for hydroxylation is 1. The summed E-state index contributed by atoms with van der Waals surface area (Å²) < 4.78 is 2.53. The molecular weight excluding hydrogens is 474 g/mol. The van der Waals surface area contributed by atoms with Crippen molar-refractivity contribution in [3.05, 3.63) is 66.0 Å². The molecule has 0 spiro atoms. The van der Waals surface area contributed by atoms with Crippen LogP contribution in [0.15, 0.2) is 54.6 Å². The fraction of sp³-hybridized carbons (Fsp3) is 0.548. The van der Waals surface area contributed by atoms with E-state index in [1.807, 2.05) is 0 Å². The van der Waals surface area contributed by atoms with Gasteiger partial charge in [-0.1, -0.05) is 42.5 Å². The molecule has 37 heavy (non-hydrogen) atoms. The SMILES string of the molecule is Cc1nc2ccccc2n1C1CC2CC(C1)N2CCC1(c2ccccc2)CCN(C(=S)NC(C)C)CC1. The number of piperidine rings is 2. The lowest BCUT2D eigenvalue weighted by molar-refractivity contribution is -0.0532. The van der Waals surface area contributed by atoms with Gasteiger partial charge in [-0.05, 0) is 101 Å². The monoisotopic (exact) mass is 515 g/mol. The number of benzene rings is 2. The van der Waals surface area contributed by atoms with Crippen molar-refractivity contribution in [2.45, 2.75) is 88.9 Å². The van der Waals surface area contributed by atoms with E-state index in [-0.39, 0.29) is 5.41 Å². The van der Waals surface area contributed by atoms with Gasteiger partial charge in [0.1, 0.15) is 5.82 Å². The van der Waals surface area contributed by atoms with Crippen molar-refractivity contribution in [1.82, 2.24) is 24.7 Å². The van der Waals surface area contributed by atoms with Crippen molar-refractivity contribution in [3.63, 3.8) is 0 Å². The van der Waals surface area contributed by atoms with Crippen molar-refractivity contribution in [3.8, 4) is 0 Å². The Balaban J connectivity index is 1.13. The zero-order valence-electron chi connectivity index (χ0n) is 22.6. The Morgan fingerprint density at radius 3 is 2.32 bits per heavy atom. The van der Waals surface area contributed by atoms with E-state index in [1.54, 1.807) is 0 Å². The molecule has 1 aromatic heterocycles. The number of thiocarbonyl (C=S) groups is 1. The maximum atomic E-state index is 5.71. The molecule has 6 heteroatoms. The van der Waals surface area contributed by atoms with Gasteiger partial charge in [-0.3, -0.25) is 4.90 Å². The highest BCUT2D eigenvalue weighted by atomic mass is 32.1. The molecule has 2 unspecified atom stereocenters. The van der Waals surface area contributed by atoms with Gasteiger partial charge in [0.05, 0.1) is 11.0 Å². The molecular formula is C31H41N5S. The molecule has 0 radical (unpaired) electrons. The van der Waals surface area contributed by atoms with Crippen molar-refractivity contribution in [1.29, 1.82) is 0 Å². The van der Waals surface area contributed by atoms with E-state index in [2.05, 4.69) is 95.1 Å². The average molecular weight is 516 g/mol. The summed E-state index contributed by atoms with van der Waals surface area (Å²) in [4.78, 5) is 10.1. The number of hydrogen-bond acceptors (Lipinski definition) is 3. The number of para-hydroxylation sites is 2. The predicted molar refractivity (Wildman–Crippen MR) is 156 cm³/mol. The maximum Gasteiger partial charge on any atom is 0.169 e. The summed E-state index contributed by atoms with van der Waals surface area (Å²) in [6.45, 7) is 9.78. The van der Waals surface area contributed by atoms with Crippen LogP contribution in [0.4, 0.5) is 0 Å². The number of nitrogens with one attached hydrogen (secondary N) is 1. The van der Waals surface area contributed by atoms with E-state index >= 15 is 0 Å². The van der Waals surface area contributed by atoms with Crippen molar-refractivity contribution in [2.24, 2.45) is 0 Å². The molecule has 4 fully saturated rings. The van der Waals surface area contributed by atoms with Gasteiger partial charge >= 0.3 is 0 Å². The Morgan fingerprint density at radius 1 is 0.973 bits per heavy atom. The third kappa shape index (κ3) is 4.67. The third-order valence-electron chi connectivity index (χ3n) is 9.36. The first kappa shape index (κ1) is 24.9. The van der Waals surface area contributed by atoms with Crippen LogP contribution in [-0.2, 0) is 5.41 Å². The van der Waals surface area contributed by atoms with Gasteiger partial charge in [-0.15, -0.1) is 0 Å². The summed E-state index contributed by atoms with van der Waals surface area (Å²) in [6, 6.07) is 22.3. The normalized spacial score (nSPS) is 25.3. The number of nitrogens with zero attached hydrogens (tertiary/aromatic N) is 4. The highest BCUT2D eigenvalue weighted by Crippen LogP contribution is 2.46. The number of aromatic nitrogens is 2. The van der Waals surface area contributed by atoms with Crippen LogP contribution in [-0.4, -0.2) is 62.2 Å². The number of rotatable bonds is 6. The van der Waals surface area contributed by atoms with Gasteiger partial charge < -0.3 is 14.8 Å². The Bertz CT molecular complexity index is 1230. The minimum atomic E-state index is 0.242. The zero-order chi connectivity index (χ0) is 25.6. The molecule has 4 heterocycles. The van der Waals surface area contributed by atoms with E-state index < -0.39 is 0 Å². The first-order valence-electron chi connectivity index (χ1n) is 14.2. The fourth-order valence-corrected chi connectivity index (χ4v) is 7.85. The number of hydrogen-bond donors (Lipinski definition) is 1. The molecule has 5 nitrogen and oxygen atoms in total. The number of likely N-dealkylation sites (tertiary alicyclic amines) is 1. The first-order valence-corrected chi connectivity index (χ1v) is 14.6. The van der Waals surface area contributed by atoms with Crippen molar-refractivity contribution >= 4 is 28.4 Å². The Kier molecular flexibility index (Phi) is 6.74. The van der Waals surface area contributed by atoms with Crippen LogP contribution in [0, 0.1) is 6.92 Å². The van der Waals surface area contributed by atoms with E-state index in [4.69, 9.17) is 17.2 Å². The molecule has 3 aliphatic heterocycles. The van der Waals surface area contributed by atoms with Crippen LogP contribution in [0.25, 0.3) is 11.0 Å². The summed E-state index contributed by atoms with van der Waals surface area (Å²) in [5, 5.41) is 4.37. The fourth-order valence-electron chi connectivity index (χ4n) is 7.43. The molecule has 3 aromatic rings. The maximum absolute atomic E-state index is 5.71. The van der Waals surface area contributed by atoms with E-state index in [0.717, 1.165) is 23.7 Å². The van der Waals surface area contributed by atoms with Gasteiger partial charge in [0.25, 0.3) is 0 Å². The molecule has 4 aliphatic rings. The van der Waals surface area contributed by atoms with E-state index in [1.165, 1.54) is 62.0 Å². The Hall–Kier alpha value is -2.44. The van der Waals surface area contributed by atoms with Gasteiger partial charge in [0.15, 0.2) is 5.11 Å². The molecule has 0 amide bonds. The van der Waals surface area contributed by atoms with E-state index in [0.29, 0.717) is 24.2 Å². The average Bonchev–Trinajstić information content (AvgIpc) is 3.25. The lowest BCUT2D eigenvalue weighted by Crippen LogP contribution is -2.61. The second-order valence-corrected chi connectivity index (χ2v) is 12.3. The molecule has 2 aromatic carbocycles. The lowest BCUT2D eigenvalue weighted by Gasteiger charge is -2.57. The second kappa shape index (κ2) is 10.0. The molecule has 1 saturated carbocycles. The molecule has 7 rings (SSSR count). The Morgan fingerprint density at radius 2 is 1.62 bits per heavy atom. The smallest absolute Gasteiger partial charge is 0.169 e. The standard InChI is InChI=1S/C31H41N5S/c1-22(2)32-30(37)34-16-13-31(14-17-34,24-9-5-4-6-10-24)15-18-35-25-19-26(35)21-27(20-25)36-23(3)33-28-11-7-8-12-29(28)36/h4-12,22,25-27H,13-21H2,1-3H3,(H,32,37). The second-order valence-electron chi connectivity index (χ2n) is 11.9. The first-order chi connectivity index (χ1) is 17.9. The predicted octanol–water partition coefficient (Wildman–Crippen LogP) is 5.83. The zero-order valence-corrected chi connectivity index (χ0v) is 23.4. The summed E-state index contributed by atoms with van der Waals surface area (Å²) in [5.74, 6) is 1.17. The summed E-state index contributed by atoms with van der Waals surface area (Å²) in [5.41, 5.74) is 4.19. The van der Waals surface area contributed by atoms with Crippen LogP contribution in [0.5, 0.6) is 0 Å². The highest BCUT2D eigenvalue weighted by molar-refractivity contribution is 7.80. The van der Waals surface area contributed by atoms with Crippen LogP contribution in [0.2, 0.25) is 0 Å². The molecule has 1 N–H and O–H groups in total.